The molecule has 126 valence electrons. The highest BCUT2D eigenvalue weighted by atomic mass is 32.2. The molecule has 1 rings (SSSR count). The van der Waals surface area contributed by atoms with Crippen molar-refractivity contribution in [1.29, 1.82) is 0 Å². The van der Waals surface area contributed by atoms with Crippen molar-refractivity contribution in [3.8, 4) is 0 Å². The number of unbranched alkanes of at least 4 members (excludes halogenated alkanes) is 4. The van der Waals surface area contributed by atoms with Crippen molar-refractivity contribution in [3.63, 3.8) is 0 Å². The fourth-order valence-corrected chi connectivity index (χ4v) is 3.41. The van der Waals surface area contributed by atoms with Gasteiger partial charge < -0.3 is 0 Å². The third-order valence-corrected chi connectivity index (χ3v) is 5.46. The lowest BCUT2D eigenvalue weighted by molar-refractivity contribution is 0.397. The van der Waals surface area contributed by atoms with Crippen LogP contribution in [0.5, 0.6) is 0 Å². The molecule has 1 aromatic rings. The van der Waals surface area contributed by atoms with Crippen LogP contribution in [0, 0.1) is 0 Å². The van der Waals surface area contributed by atoms with Gasteiger partial charge in [-0.1, -0.05) is 64.5 Å². The second-order valence-electron chi connectivity index (χ2n) is 5.88. The standard InChI is InChI=1S/C18H30O3S/c1-4-6-8-9-11-16(10-7-5-2)17-12-14-18(15-13-17)22(19,20)21-3/h12-16H,4-11H2,1-3H3. The minimum absolute atomic E-state index is 0.235. The normalized spacial score (nSPS) is 13.2. The van der Waals surface area contributed by atoms with Gasteiger partial charge in [0.25, 0.3) is 10.1 Å². The van der Waals surface area contributed by atoms with Crippen LogP contribution in [-0.4, -0.2) is 15.5 Å². The Morgan fingerprint density at radius 2 is 1.50 bits per heavy atom. The highest BCUT2D eigenvalue weighted by Gasteiger charge is 2.15. The van der Waals surface area contributed by atoms with E-state index < -0.39 is 10.1 Å². The second kappa shape index (κ2) is 10.0. The molecule has 3 nitrogen and oxygen atoms in total. The molecule has 0 aliphatic carbocycles. The van der Waals surface area contributed by atoms with Crippen molar-refractivity contribution in [2.24, 2.45) is 0 Å². The summed E-state index contributed by atoms with van der Waals surface area (Å²) in [5, 5.41) is 0. The van der Waals surface area contributed by atoms with Gasteiger partial charge in [-0.3, -0.25) is 4.18 Å². The minimum atomic E-state index is -3.58. The first-order valence-corrected chi connectivity index (χ1v) is 9.86. The third kappa shape index (κ3) is 6.09. The Hall–Kier alpha value is -0.870. The zero-order valence-corrected chi connectivity index (χ0v) is 15.0. The smallest absolute Gasteiger partial charge is 0.270 e. The average Bonchev–Trinajstić information content (AvgIpc) is 2.54. The highest BCUT2D eigenvalue weighted by molar-refractivity contribution is 7.86. The van der Waals surface area contributed by atoms with E-state index in [9.17, 15) is 8.42 Å². The summed E-state index contributed by atoms with van der Waals surface area (Å²) in [6.07, 6.45) is 9.87. The molecule has 22 heavy (non-hydrogen) atoms. The molecule has 0 heterocycles. The molecular weight excluding hydrogens is 296 g/mol. The van der Waals surface area contributed by atoms with Crippen molar-refractivity contribution in [2.75, 3.05) is 7.11 Å². The SMILES string of the molecule is CCCCCCC(CCCC)c1ccc(S(=O)(=O)OC)cc1. The first kappa shape index (κ1) is 19.2. The summed E-state index contributed by atoms with van der Waals surface area (Å²) in [7, 11) is -2.39. The van der Waals surface area contributed by atoms with Gasteiger partial charge in [0.05, 0.1) is 12.0 Å². The van der Waals surface area contributed by atoms with Crippen LogP contribution < -0.4 is 0 Å². The van der Waals surface area contributed by atoms with E-state index in [2.05, 4.69) is 18.0 Å². The Balaban J connectivity index is 2.76. The third-order valence-electron chi connectivity index (χ3n) is 4.17. The predicted molar refractivity (Wildman–Crippen MR) is 91.7 cm³/mol. The number of rotatable bonds is 11. The van der Waals surface area contributed by atoms with Gasteiger partial charge in [-0.05, 0) is 36.5 Å². The van der Waals surface area contributed by atoms with Crippen LogP contribution in [0.1, 0.15) is 76.7 Å². The van der Waals surface area contributed by atoms with Crippen LogP contribution in [0.2, 0.25) is 0 Å². The van der Waals surface area contributed by atoms with Gasteiger partial charge in [0.1, 0.15) is 0 Å². The number of benzene rings is 1. The largest absolute Gasteiger partial charge is 0.296 e. The predicted octanol–water partition coefficient (Wildman–Crippen LogP) is 5.27. The molecule has 4 heteroatoms. The molecule has 0 amide bonds. The zero-order chi connectivity index (χ0) is 16.4. The first-order chi connectivity index (χ1) is 10.5. The van der Waals surface area contributed by atoms with E-state index in [0.717, 1.165) is 0 Å². The van der Waals surface area contributed by atoms with E-state index in [0.29, 0.717) is 5.92 Å². The lowest BCUT2D eigenvalue weighted by Gasteiger charge is -2.17. The highest BCUT2D eigenvalue weighted by Crippen LogP contribution is 2.29. The van der Waals surface area contributed by atoms with Gasteiger partial charge in [-0.2, -0.15) is 8.42 Å². The molecule has 1 aromatic carbocycles. The van der Waals surface area contributed by atoms with Gasteiger partial charge in [-0.25, -0.2) is 0 Å². The summed E-state index contributed by atoms with van der Waals surface area (Å²) >= 11 is 0. The van der Waals surface area contributed by atoms with E-state index in [-0.39, 0.29) is 4.90 Å². The van der Waals surface area contributed by atoms with Crippen LogP contribution in [0.4, 0.5) is 0 Å². The van der Waals surface area contributed by atoms with Crippen LogP contribution in [0.15, 0.2) is 29.2 Å². The fourth-order valence-electron chi connectivity index (χ4n) is 2.75. The monoisotopic (exact) mass is 326 g/mol. The van der Waals surface area contributed by atoms with Crippen molar-refractivity contribution >= 4 is 10.1 Å². The van der Waals surface area contributed by atoms with E-state index in [1.165, 1.54) is 64.0 Å². The summed E-state index contributed by atoms with van der Waals surface area (Å²) in [5.41, 5.74) is 1.25. The van der Waals surface area contributed by atoms with Crippen LogP contribution in [0.3, 0.4) is 0 Å². The molecule has 0 aromatic heterocycles. The average molecular weight is 327 g/mol. The number of hydrogen-bond acceptors (Lipinski definition) is 3. The van der Waals surface area contributed by atoms with Crippen molar-refractivity contribution in [1.82, 2.24) is 0 Å². The van der Waals surface area contributed by atoms with E-state index >= 15 is 0 Å². The number of hydrogen-bond donors (Lipinski definition) is 0. The Morgan fingerprint density at radius 3 is 2.05 bits per heavy atom. The summed E-state index contributed by atoms with van der Waals surface area (Å²) in [6.45, 7) is 4.44. The summed E-state index contributed by atoms with van der Waals surface area (Å²) in [5.74, 6) is 0.538. The van der Waals surface area contributed by atoms with Gasteiger partial charge in [0, 0.05) is 0 Å². The summed E-state index contributed by atoms with van der Waals surface area (Å²) in [6, 6.07) is 7.23. The molecule has 1 unspecified atom stereocenters. The molecule has 0 saturated carbocycles. The first-order valence-electron chi connectivity index (χ1n) is 8.45. The van der Waals surface area contributed by atoms with Crippen LogP contribution in [-0.2, 0) is 14.3 Å². The summed E-state index contributed by atoms with van der Waals surface area (Å²) in [4.78, 5) is 0.235. The zero-order valence-electron chi connectivity index (χ0n) is 14.2. The molecule has 0 aliphatic rings. The van der Waals surface area contributed by atoms with E-state index in [4.69, 9.17) is 0 Å². The molecular formula is C18H30O3S. The Bertz CT molecular complexity index is 506. The van der Waals surface area contributed by atoms with E-state index in [1.807, 2.05) is 12.1 Å². The minimum Gasteiger partial charge on any atom is -0.270 e. The Kier molecular flexibility index (Phi) is 8.72. The van der Waals surface area contributed by atoms with Gasteiger partial charge in [0.15, 0.2) is 0 Å². The van der Waals surface area contributed by atoms with Gasteiger partial charge in [-0.15, -0.1) is 0 Å². The van der Waals surface area contributed by atoms with Crippen LogP contribution >= 0.6 is 0 Å². The molecule has 0 aliphatic heterocycles. The molecule has 1 atom stereocenters. The topological polar surface area (TPSA) is 43.4 Å². The van der Waals surface area contributed by atoms with Crippen molar-refractivity contribution in [2.45, 2.75) is 76.0 Å². The van der Waals surface area contributed by atoms with E-state index in [1.54, 1.807) is 12.1 Å². The molecule has 0 saturated heterocycles. The lowest BCUT2D eigenvalue weighted by atomic mass is 9.89. The Morgan fingerprint density at radius 1 is 0.909 bits per heavy atom. The van der Waals surface area contributed by atoms with Gasteiger partial charge >= 0.3 is 0 Å². The molecule has 0 fully saturated rings. The maximum atomic E-state index is 11.7. The van der Waals surface area contributed by atoms with Crippen molar-refractivity contribution in [3.05, 3.63) is 29.8 Å². The Labute approximate surface area is 136 Å². The fraction of sp³-hybridized carbons (Fsp3) is 0.667. The second-order valence-corrected chi connectivity index (χ2v) is 7.59. The maximum absolute atomic E-state index is 11.7. The molecule has 0 bridgehead atoms. The van der Waals surface area contributed by atoms with Gasteiger partial charge in [0.2, 0.25) is 0 Å². The lowest BCUT2D eigenvalue weighted by Crippen LogP contribution is -2.04. The molecule has 0 spiro atoms. The van der Waals surface area contributed by atoms with Crippen molar-refractivity contribution < 1.29 is 12.6 Å². The van der Waals surface area contributed by atoms with Crippen LogP contribution in [0.25, 0.3) is 0 Å². The molecule has 0 radical (unpaired) electrons. The quantitative estimate of drug-likeness (QED) is 0.411. The summed E-state index contributed by atoms with van der Waals surface area (Å²) < 4.78 is 27.9. The molecule has 0 N–H and O–H groups in total. The maximum Gasteiger partial charge on any atom is 0.296 e.